The molecule has 94 valence electrons. The Morgan fingerprint density at radius 2 is 2.18 bits per heavy atom. The Balaban J connectivity index is 2.12. The van der Waals surface area contributed by atoms with Crippen LogP contribution in [0.4, 0.5) is 4.79 Å². The maximum Gasteiger partial charge on any atom is 0.316 e. The third-order valence-corrected chi connectivity index (χ3v) is 2.55. The molecule has 2 amide bonds. The molecule has 0 aliphatic rings. The van der Waals surface area contributed by atoms with Gasteiger partial charge in [0, 0.05) is 44.4 Å². The molecule has 0 radical (unpaired) electrons. The SMILES string of the molecule is CN(C)C(=O)NCCNCc1ccc(Br)cn1. The van der Waals surface area contributed by atoms with Crippen LogP contribution < -0.4 is 10.6 Å². The minimum absolute atomic E-state index is 0.0754. The number of pyridine rings is 1. The summed E-state index contributed by atoms with van der Waals surface area (Å²) in [6.45, 7) is 2.02. The van der Waals surface area contributed by atoms with Gasteiger partial charge in [0.05, 0.1) is 5.69 Å². The zero-order valence-corrected chi connectivity index (χ0v) is 11.6. The van der Waals surface area contributed by atoms with Crippen molar-refractivity contribution in [3.8, 4) is 0 Å². The number of nitrogens with zero attached hydrogens (tertiary/aromatic N) is 2. The largest absolute Gasteiger partial charge is 0.337 e. The second kappa shape index (κ2) is 7.24. The van der Waals surface area contributed by atoms with Gasteiger partial charge < -0.3 is 15.5 Å². The molecule has 0 unspecified atom stereocenters. The van der Waals surface area contributed by atoms with Crippen molar-refractivity contribution in [2.45, 2.75) is 6.54 Å². The molecular weight excluding hydrogens is 284 g/mol. The van der Waals surface area contributed by atoms with Gasteiger partial charge in [-0.05, 0) is 28.1 Å². The van der Waals surface area contributed by atoms with Gasteiger partial charge in [-0.2, -0.15) is 0 Å². The standard InChI is InChI=1S/C11H17BrN4O/c1-16(2)11(17)14-6-5-13-8-10-4-3-9(12)7-15-10/h3-4,7,13H,5-6,8H2,1-2H3,(H,14,17). The summed E-state index contributed by atoms with van der Waals surface area (Å²) in [7, 11) is 3.43. The molecule has 0 spiro atoms. The first-order valence-electron chi connectivity index (χ1n) is 5.36. The summed E-state index contributed by atoms with van der Waals surface area (Å²) in [4.78, 5) is 16.9. The molecule has 0 aromatic carbocycles. The van der Waals surface area contributed by atoms with E-state index >= 15 is 0 Å². The third kappa shape index (κ3) is 5.65. The highest BCUT2D eigenvalue weighted by atomic mass is 79.9. The molecule has 1 aromatic heterocycles. The molecule has 1 heterocycles. The van der Waals surface area contributed by atoms with Crippen molar-refractivity contribution in [3.63, 3.8) is 0 Å². The van der Waals surface area contributed by atoms with Crippen LogP contribution in [0.25, 0.3) is 0 Å². The van der Waals surface area contributed by atoms with Crippen molar-refractivity contribution in [1.29, 1.82) is 0 Å². The quantitative estimate of drug-likeness (QED) is 0.804. The van der Waals surface area contributed by atoms with E-state index in [4.69, 9.17) is 0 Å². The number of amides is 2. The van der Waals surface area contributed by atoms with Crippen molar-refractivity contribution in [2.24, 2.45) is 0 Å². The number of carbonyl (C=O) groups is 1. The Hall–Kier alpha value is -1.14. The van der Waals surface area contributed by atoms with Crippen LogP contribution in [0.2, 0.25) is 0 Å². The second-order valence-electron chi connectivity index (χ2n) is 3.77. The van der Waals surface area contributed by atoms with Crippen molar-refractivity contribution in [1.82, 2.24) is 20.5 Å². The summed E-state index contributed by atoms with van der Waals surface area (Å²) in [6, 6.07) is 3.83. The highest BCUT2D eigenvalue weighted by Gasteiger charge is 2.00. The minimum atomic E-state index is -0.0754. The first-order valence-corrected chi connectivity index (χ1v) is 6.15. The lowest BCUT2D eigenvalue weighted by molar-refractivity contribution is 0.217. The van der Waals surface area contributed by atoms with Crippen molar-refractivity contribution in [2.75, 3.05) is 27.2 Å². The summed E-state index contributed by atoms with van der Waals surface area (Å²) >= 11 is 3.33. The number of urea groups is 1. The van der Waals surface area contributed by atoms with E-state index in [2.05, 4.69) is 31.5 Å². The predicted molar refractivity (Wildman–Crippen MR) is 70.7 cm³/mol. The van der Waals surface area contributed by atoms with E-state index in [1.54, 1.807) is 20.3 Å². The molecule has 6 heteroatoms. The molecule has 0 saturated heterocycles. The third-order valence-electron chi connectivity index (χ3n) is 2.08. The number of carbonyl (C=O) groups excluding carboxylic acids is 1. The maximum atomic E-state index is 11.2. The Bertz CT molecular complexity index is 353. The Kier molecular flexibility index (Phi) is 5.93. The summed E-state index contributed by atoms with van der Waals surface area (Å²) < 4.78 is 0.972. The number of nitrogens with one attached hydrogen (secondary N) is 2. The van der Waals surface area contributed by atoms with Crippen molar-refractivity contribution < 1.29 is 4.79 Å². The Labute approximate surface area is 110 Å². The Morgan fingerprint density at radius 3 is 2.76 bits per heavy atom. The van der Waals surface area contributed by atoms with E-state index in [-0.39, 0.29) is 6.03 Å². The van der Waals surface area contributed by atoms with E-state index in [1.165, 1.54) is 4.90 Å². The summed E-state index contributed by atoms with van der Waals surface area (Å²) in [5.74, 6) is 0. The molecule has 17 heavy (non-hydrogen) atoms. The molecule has 1 aromatic rings. The van der Waals surface area contributed by atoms with E-state index in [9.17, 15) is 4.79 Å². The molecule has 0 saturated carbocycles. The lowest BCUT2D eigenvalue weighted by atomic mass is 10.3. The van der Waals surface area contributed by atoms with Crippen LogP contribution in [0.15, 0.2) is 22.8 Å². The first kappa shape index (κ1) is 13.9. The van der Waals surface area contributed by atoms with E-state index < -0.39 is 0 Å². The van der Waals surface area contributed by atoms with Gasteiger partial charge in [0.1, 0.15) is 0 Å². The fourth-order valence-corrected chi connectivity index (χ4v) is 1.38. The number of aromatic nitrogens is 1. The number of hydrogen-bond acceptors (Lipinski definition) is 3. The van der Waals surface area contributed by atoms with Crippen LogP contribution in [0, 0.1) is 0 Å². The van der Waals surface area contributed by atoms with Gasteiger partial charge in [0.2, 0.25) is 0 Å². The molecule has 0 bridgehead atoms. The summed E-state index contributed by atoms with van der Waals surface area (Å²) in [5, 5.41) is 5.98. The van der Waals surface area contributed by atoms with Gasteiger partial charge in [-0.3, -0.25) is 4.98 Å². The van der Waals surface area contributed by atoms with E-state index in [0.29, 0.717) is 13.1 Å². The molecule has 2 N–H and O–H groups in total. The zero-order chi connectivity index (χ0) is 12.7. The molecule has 0 aliphatic heterocycles. The molecule has 1 rings (SSSR count). The van der Waals surface area contributed by atoms with Gasteiger partial charge in [-0.1, -0.05) is 0 Å². The lowest BCUT2D eigenvalue weighted by Gasteiger charge is -2.12. The monoisotopic (exact) mass is 300 g/mol. The average molecular weight is 301 g/mol. The predicted octanol–water partition coefficient (Wildman–Crippen LogP) is 1.20. The smallest absolute Gasteiger partial charge is 0.316 e. The average Bonchev–Trinajstić information content (AvgIpc) is 2.30. The van der Waals surface area contributed by atoms with Crippen LogP contribution in [-0.2, 0) is 6.54 Å². The van der Waals surface area contributed by atoms with Crippen LogP contribution in [0.1, 0.15) is 5.69 Å². The zero-order valence-electron chi connectivity index (χ0n) is 10.0. The van der Waals surface area contributed by atoms with Gasteiger partial charge in [-0.25, -0.2) is 4.79 Å². The van der Waals surface area contributed by atoms with Crippen molar-refractivity contribution >= 4 is 22.0 Å². The van der Waals surface area contributed by atoms with Crippen LogP contribution in [0.5, 0.6) is 0 Å². The molecule has 0 aliphatic carbocycles. The van der Waals surface area contributed by atoms with Gasteiger partial charge in [-0.15, -0.1) is 0 Å². The van der Waals surface area contributed by atoms with E-state index in [1.807, 2.05) is 12.1 Å². The molecule has 0 fully saturated rings. The van der Waals surface area contributed by atoms with Crippen LogP contribution in [-0.4, -0.2) is 43.1 Å². The van der Waals surface area contributed by atoms with Gasteiger partial charge >= 0.3 is 6.03 Å². The highest BCUT2D eigenvalue weighted by molar-refractivity contribution is 9.10. The second-order valence-corrected chi connectivity index (χ2v) is 4.69. The highest BCUT2D eigenvalue weighted by Crippen LogP contribution is 2.06. The number of hydrogen-bond donors (Lipinski definition) is 2. The lowest BCUT2D eigenvalue weighted by Crippen LogP contribution is -2.38. The number of rotatable bonds is 5. The van der Waals surface area contributed by atoms with E-state index in [0.717, 1.165) is 16.7 Å². The fourth-order valence-electron chi connectivity index (χ4n) is 1.14. The maximum absolute atomic E-state index is 11.2. The first-order chi connectivity index (χ1) is 8.09. The normalized spacial score (nSPS) is 10.1. The van der Waals surface area contributed by atoms with Crippen molar-refractivity contribution in [3.05, 3.63) is 28.5 Å². The van der Waals surface area contributed by atoms with Gasteiger partial charge in [0.15, 0.2) is 0 Å². The molecular formula is C11H17BrN4O. The topological polar surface area (TPSA) is 57.3 Å². The summed E-state index contributed by atoms with van der Waals surface area (Å²) in [5.41, 5.74) is 0.979. The van der Waals surface area contributed by atoms with Gasteiger partial charge in [0.25, 0.3) is 0 Å². The van der Waals surface area contributed by atoms with Crippen LogP contribution >= 0.6 is 15.9 Å². The Morgan fingerprint density at radius 1 is 1.41 bits per heavy atom. The minimum Gasteiger partial charge on any atom is -0.337 e. The molecule has 0 atom stereocenters. The summed E-state index contributed by atoms with van der Waals surface area (Å²) in [6.07, 6.45) is 1.77. The number of halogens is 1. The molecule has 5 nitrogen and oxygen atoms in total. The van der Waals surface area contributed by atoms with Crippen LogP contribution in [0.3, 0.4) is 0 Å². The fraction of sp³-hybridized carbons (Fsp3) is 0.455.